The third-order valence-corrected chi connectivity index (χ3v) is 3.89. The number of imidazole rings is 1. The zero-order valence-electron chi connectivity index (χ0n) is 15.1. The average Bonchev–Trinajstić information content (AvgIpc) is 3.17. The predicted molar refractivity (Wildman–Crippen MR) is 97.1 cm³/mol. The zero-order valence-corrected chi connectivity index (χ0v) is 15.1. The molecule has 0 aliphatic carbocycles. The number of carbonyl (C=O) groups is 2. The largest absolute Gasteiger partial charge is 0.466 e. The van der Waals surface area contributed by atoms with E-state index in [2.05, 4.69) is 4.98 Å². The minimum absolute atomic E-state index is 0.0690. The van der Waals surface area contributed by atoms with Crippen LogP contribution >= 0.6 is 0 Å². The van der Waals surface area contributed by atoms with Crippen LogP contribution in [-0.4, -0.2) is 50.9 Å². The fourth-order valence-corrected chi connectivity index (χ4v) is 2.57. The monoisotopic (exact) mass is 374 g/mol. The molecular formula is C18H22N4O5. The van der Waals surface area contributed by atoms with Crippen molar-refractivity contribution in [1.29, 1.82) is 0 Å². The molecule has 0 aliphatic heterocycles. The summed E-state index contributed by atoms with van der Waals surface area (Å²) in [5.74, 6) is -0.738. The molecule has 9 heteroatoms. The number of esters is 1. The smallest absolute Gasteiger partial charge is 0.307 e. The van der Waals surface area contributed by atoms with E-state index >= 15 is 0 Å². The van der Waals surface area contributed by atoms with E-state index in [4.69, 9.17) is 4.74 Å². The van der Waals surface area contributed by atoms with E-state index in [0.29, 0.717) is 19.5 Å². The summed E-state index contributed by atoms with van der Waals surface area (Å²) in [5.41, 5.74) is 0.0697. The first-order valence-electron chi connectivity index (χ1n) is 8.66. The van der Waals surface area contributed by atoms with Gasteiger partial charge in [0.2, 0.25) is 0 Å². The van der Waals surface area contributed by atoms with Gasteiger partial charge in [-0.3, -0.25) is 19.7 Å². The lowest BCUT2D eigenvalue weighted by Gasteiger charge is -2.22. The van der Waals surface area contributed by atoms with Crippen LogP contribution in [0.1, 0.15) is 30.1 Å². The predicted octanol–water partition coefficient (Wildman–Crippen LogP) is 2.28. The Labute approximate surface area is 156 Å². The molecular weight excluding hydrogens is 352 g/mol. The first-order chi connectivity index (χ1) is 13.0. The molecule has 0 atom stereocenters. The molecule has 0 radical (unpaired) electrons. The van der Waals surface area contributed by atoms with Crippen LogP contribution in [0.2, 0.25) is 0 Å². The molecule has 2 rings (SSSR count). The van der Waals surface area contributed by atoms with E-state index in [0.717, 1.165) is 0 Å². The number of benzene rings is 1. The molecule has 27 heavy (non-hydrogen) atoms. The number of amides is 1. The normalized spacial score (nSPS) is 10.4. The number of ether oxygens (including phenoxy) is 1. The molecule has 144 valence electrons. The molecule has 1 heterocycles. The number of nitro benzene ring substituents is 1. The van der Waals surface area contributed by atoms with E-state index < -0.39 is 4.92 Å². The molecule has 0 N–H and O–H groups in total. The van der Waals surface area contributed by atoms with Crippen LogP contribution < -0.4 is 0 Å². The topological polar surface area (TPSA) is 108 Å². The summed E-state index contributed by atoms with van der Waals surface area (Å²) in [5, 5.41) is 10.9. The summed E-state index contributed by atoms with van der Waals surface area (Å²) in [4.78, 5) is 40.4. The lowest BCUT2D eigenvalue weighted by atomic mass is 10.1. The molecule has 0 saturated heterocycles. The van der Waals surface area contributed by atoms with Crippen molar-refractivity contribution in [1.82, 2.24) is 14.5 Å². The first-order valence-corrected chi connectivity index (χ1v) is 8.66. The van der Waals surface area contributed by atoms with Gasteiger partial charge in [0, 0.05) is 49.7 Å². The van der Waals surface area contributed by atoms with Crippen molar-refractivity contribution in [3.05, 3.63) is 58.7 Å². The molecule has 2 aromatic rings. The second-order valence-corrected chi connectivity index (χ2v) is 5.81. The standard InChI is InChI=1S/C18H22N4O5/c1-2-27-17(23)7-11-21(10-4-9-20-12-8-19-14-20)18(24)15-5-3-6-16(13-15)22(25)26/h3,5-6,8,12-14H,2,4,7,9-11H2,1H3. The van der Waals surface area contributed by atoms with Gasteiger partial charge < -0.3 is 14.2 Å². The Kier molecular flexibility index (Phi) is 7.48. The van der Waals surface area contributed by atoms with Gasteiger partial charge in [-0.05, 0) is 19.4 Å². The molecule has 0 saturated carbocycles. The molecule has 1 aromatic carbocycles. The number of nitro groups is 1. The van der Waals surface area contributed by atoms with E-state index in [1.165, 1.54) is 29.2 Å². The van der Waals surface area contributed by atoms with Gasteiger partial charge in [-0.2, -0.15) is 0 Å². The third-order valence-electron chi connectivity index (χ3n) is 3.89. The van der Waals surface area contributed by atoms with Crippen LogP contribution in [0.5, 0.6) is 0 Å². The van der Waals surface area contributed by atoms with Crippen molar-refractivity contribution in [3.8, 4) is 0 Å². The highest BCUT2D eigenvalue weighted by Crippen LogP contribution is 2.15. The van der Waals surface area contributed by atoms with Crippen LogP contribution in [0.15, 0.2) is 43.0 Å². The summed E-state index contributed by atoms with van der Waals surface area (Å²) < 4.78 is 6.80. The molecule has 0 unspecified atom stereocenters. The van der Waals surface area contributed by atoms with Crippen LogP contribution in [0.4, 0.5) is 5.69 Å². The summed E-state index contributed by atoms with van der Waals surface area (Å²) in [7, 11) is 0. The second-order valence-electron chi connectivity index (χ2n) is 5.81. The Balaban J connectivity index is 2.06. The first kappa shape index (κ1) is 20.1. The number of aryl methyl sites for hydroxylation is 1. The Bertz CT molecular complexity index is 776. The van der Waals surface area contributed by atoms with E-state index in [1.807, 2.05) is 10.8 Å². The number of hydrogen-bond acceptors (Lipinski definition) is 6. The molecule has 0 bridgehead atoms. The minimum atomic E-state index is -0.543. The van der Waals surface area contributed by atoms with Gasteiger partial charge >= 0.3 is 5.97 Å². The quantitative estimate of drug-likeness (QED) is 0.359. The molecule has 1 aromatic heterocycles. The van der Waals surface area contributed by atoms with Crippen molar-refractivity contribution >= 4 is 17.6 Å². The summed E-state index contributed by atoms with van der Waals surface area (Å²) >= 11 is 0. The fourth-order valence-electron chi connectivity index (χ4n) is 2.57. The number of non-ortho nitro benzene ring substituents is 1. The number of nitrogens with zero attached hydrogens (tertiary/aromatic N) is 4. The Morgan fingerprint density at radius 2 is 2.15 bits per heavy atom. The Hall–Kier alpha value is -3.23. The Morgan fingerprint density at radius 3 is 2.81 bits per heavy atom. The van der Waals surface area contributed by atoms with Gasteiger partial charge in [0.15, 0.2) is 0 Å². The highest BCUT2D eigenvalue weighted by molar-refractivity contribution is 5.95. The molecule has 9 nitrogen and oxygen atoms in total. The van der Waals surface area contributed by atoms with Crippen LogP contribution in [0, 0.1) is 10.1 Å². The number of aromatic nitrogens is 2. The number of rotatable bonds is 10. The Morgan fingerprint density at radius 1 is 1.33 bits per heavy atom. The summed E-state index contributed by atoms with van der Waals surface area (Å²) in [6.07, 6.45) is 5.91. The van der Waals surface area contributed by atoms with Crippen molar-refractivity contribution in [2.75, 3.05) is 19.7 Å². The van der Waals surface area contributed by atoms with Crippen LogP contribution in [-0.2, 0) is 16.1 Å². The van der Waals surface area contributed by atoms with Crippen molar-refractivity contribution in [2.45, 2.75) is 26.3 Å². The molecule has 1 amide bonds. The van der Waals surface area contributed by atoms with Crippen molar-refractivity contribution in [3.63, 3.8) is 0 Å². The van der Waals surface area contributed by atoms with E-state index in [9.17, 15) is 19.7 Å². The molecule has 0 fully saturated rings. The summed E-state index contributed by atoms with van der Waals surface area (Å²) in [6, 6.07) is 5.58. The molecule has 0 spiro atoms. The van der Waals surface area contributed by atoms with Gasteiger partial charge in [0.05, 0.1) is 24.3 Å². The van der Waals surface area contributed by atoms with Crippen LogP contribution in [0.25, 0.3) is 0 Å². The average molecular weight is 374 g/mol. The highest BCUT2D eigenvalue weighted by Gasteiger charge is 2.19. The second kappa shape index (κ2) is 10.0. The van der Waals surface area contributed by atoms with E-state index in [-0.39, 0.29) is 42.7 Å². The highest BCUT2D eigenvalue weighted by atomic mass is 16.6. The zero-order chi connectivity index (χ0) is 19.6. The van der Waals surface area contributed by atoms with Gasteiger partial charge in [-0.15, -0.1) is 0 Å². The van der Waals surface area contributed by atoms with Crippen molar-refractivity contribution < 1.29 is 19.2 Å². The lowest BCUT2D eigenvalue weighted by Crippen LogP contribution is -2.34. The fraction of sp³-hybridized carbons (Fsp3) is 0.389. The van der Waals surface area contributed by atoms with Crippen LogP contribution in [0.3, 0.4) is 0 Å². The number of hydrogen-bond donors (Lipinski definition) is 0. The minimum Gasteiger partial charge on any atom is -0.466 e. The summed E-state index contributed by atoms with van der Waals surface area (Å²) in [6.45, 7) is 3.24. The van der Waals surface area contributed by atoms with Gasteiger partial charge in [0.25, 0.3) is 11.6 Å². The maximum absolute atomic E-state index is 12.8. The SMILES string of the molecule is CCOC(=O)CCN(CCCn1ccnc1)C(=O)c1cccc([N+](=O)[O-])c1. The lowest BCUT2D eigenvalue weighted by molar-refractivity contribution is -0.384. The number of carbonyl (C=O) groups excluding carboxylic acids is 2. The molecule has 0 aliphatic rings. The van der Waals surface area contributed by atoms with Crippen molar-refractivity contribution in [2.24, 2.45) is 0 Å². The van der Waals surface area contributed by atoms with Gasteiger partial charge in [-0.25, -0.2) is 4.98 Å². The maximum atomic E-state index is 12.8. The van der Waals surface area contributed by atoms with E-state index in [1.54, 1.807) is 19.4 Å². The van der Waals surface area contributed by atoms with Gasteiger partial charge in [-0.1, -0.05) is 6.07 Å². The maximum Gasteiger partial charge on any atom is 0.307 e. The third kappa shape index (κ3) is 6.21. The van der Waals surface area contributed by atoms with Gasteiger partial charge in [0.1, 0.15) is 0 Å².